The fourth-order valence-corrected chi connectivity index (χ4v) is 2.85. The van der Waals surface area contributed by atoms with Crippen molar-refractivity contribution < 1.29 is 4.74 Å². The van der Waals surface area contributed by atoms with Crippen LogP contribution in [0.2, 0.25) is 0 Å². The molecule has 1 saturated heterocycles. The quantitative estimate of drug-likeness (QED) is 0.688. The van der Waals surface area contributed by atoms with Crippen molar-refractivity contribution in [3.05, 3.63) is 69.8 Å². The zero-order chi connectivity index (χ0) is 16.8. The van der Waals surface area contributed by atoms with E-state index in [1.807, 2.05) is 37.3 Å². The summed E-state index contributed by atoms with van der Waals surface area (Å²) in [5.74, 6) is 0.608. The van der Waals surface area contributed by atoms with Gasteiger partial charge in [0.1, 0.15) is 5.22 Å². The Morgan fingerprint density at radius 2 is 1.88 bits per heavy atom. The van der Waals surface area contributed by atoms with E-state index >= 15 is 0 Å². The van der Waals surface area contributed by atoms with E-state index in [9.17, 15) is 4.79 Å². The van der Waals surface area contributed by atoms with Crippen LogP contribution in [-0.2, 0) is 4.74 Å². The molecular weight excluding hydrogens is 306 g/mol. The second-order valence-corrected chi connectivity index (χ2v) is 5.54. The number of rotatable bonds is 1. The Balaban J connectivity index is 2.08. The van der Waals surface area contributed by atoms with E-state index in [0.717, 1.165) is 16.8 Å². The first-order valence-electron chi connectivity index (χ1n) is 7.44. The molecule has 1 fully saturated rings. The second kappa shape index (κ2) is 5.09. The van der Waals surface area contributed by atoms with Gasteiger partial charge in [-0.2, -0.15) is 9.61 Å². The third-order valence-electron chi connectivity index (χ3n) is 3.91. The number of aromatic nitrogens is 3. The Hall–Kier alpha value is -3.35. The molecule has 2 aromatic heterocycles. The van der Waals surface area contributed by atoms with Crippen molar-refractivity contribution in [1.82, 2.24) is 25.4 Å². The Bertz CT molecular complexity index is 1090. The van der Waals surface area contributed by atoms with Gasteiger partial charge in [-0.25, -0.2) is 4.98 Å². The van der Waals surface area contributed by atoms with Gasteiger partial charge in [-0.15, -0.1) is 0 Å². The summed E-state index contributed by atoms with van der Waals surface area (Å²) in [6, 6.07) is 9.79. The van der Waals surface area contributed by atoms with Crippen LogP contribution in [0.5, 0.6) is 0 Å². The summed E-state index contributed by atoms with van der Waals surface area (Å²) in [5, 5.41) is 4.71. The minimum absolute atomic E-state index is 0.284. The smallest absolute Gasteiger partial charge is 0.287 e. The molecule has 1 aliphatic rings. The van der Waals surface area contributed by atoms with Gasteiger partial charge in [0.05, 0.1) is 11.4 Å². The maximum atomic E-state index is 12.9. The normalized spacial score (nSPS) is 16.0. The molecule has 7 heteroatoms. The van der Waals surface area contributed by atoms with Gasteiger partial charge in [-0.3, -0.25) is 15.6 Å². The number of hydrogen-bond acceptors (Lipinski definition) is 6. The topological polar surface area (TPSA) is 80.5 Å². The van der Waals surface area contributed by atoms with Gasteiger partial charge in [-0.05, 0) is 26.0 Å². The summed E-state index contributed by atoms with van der Waals surface area (Å²) in [6.45, 7) is 7.29. The summed E-state index contributed by atoms with van der Waals surface area (Å²) in [6.07, 6.45) is 0. The molecule has 2 N–H and O–H groups in total. The monoisotopic (exact) mass is 321 g/mol. The van der Waals surface area contributed by atoms with E-state index < -0.39 is 0 Å². The average Bonchev–Trinajstić information content (AvgIpc) is 3.12. The van der Waals surface area contributed by atoms with Crippen molar-refractivity contribution in [3.8, 4) is 11.1 Å². The second-order valence-electron chi connectivity index (χ2n) is 5.54. The number of nitrogens with zero attached hydrogens (tertiary/aromatic N) is 3. The van der Waals surface area contributed by atoms with Gasteiger partial charge in [0.2, 0.25) is 11.8 Å². The highest BCUT2D eigenvalue weighted by molar-refractivity contribution is 5.79. The predicted molar refractivity (Wildman–Crippen MR) is 89.3 cm³/mol. The molecule has 0 bridgehead atoms. The van der Waals surface area contributed by atoms with E-state index in [1.54, 1.807) is 6.92 Å². The highest BCUT2D eigenvalue weighted by atomic mass is 16.5. The first kappa shape index (κ1) is 14.3. The minimum atomic E-state index is -0.290. The van der Waals surface area contributed by atoms with Crippen molar-refractivity contribution in [3.63, 3.8) is 0 Å². The molecule has 7 nitrogen and oxygen atoms in total. The summed E-state index contributed by atoms with van der Waals surface area (Å²) in [7, 11) is 0. The lowest BCUT2D eigenvalue weighted by molar-refractivity contribution is 0.394. The Kier molecular flexibility index (Phi) is 3.02. The molecule has 1 aliphatic heterocycles. The fraction of sp³-hybridized carbons (Fsp3) is 0.118. The molecule has 0 atom stereocenters. The van der Waals surface area contributed by atoms with Crippen LogP contribution in [0, 0.1) is 13.8 Å². The molecule has 0 radical (unpaired) electrons. The molecular formula is C17H15N5O2. The van der Waals surface area contributed by atoms with Gasteiger partial charge in [0, 0.05) is 5.56 Å². The van der Waals surface area contributed by atoms with Crippen LogP contribution < -0.4 is 21.6 Å². The van der Waals surface area contributed by atoms with Gasteiger partial charge in [0.15, 0.2) is 5.65 Å². The average molecular weight is 321 g/mol. The maximum absolute atomic E-state index is 12.9. The highest BCUT2D eigenvalue weighted by Gasteiger charge is 2.20. The van der Waals surface area contributed by atoms with Crippen LogP contribution >= 0.6 is 0 Å². The number of aryl methyl sites for hydroxylation is 2. The van der Waals surface area contributed by atoms with E-state index in [4.69, 9.17) is 4.74 Å². The lowest BCUT2D eigenvalue weighted by Crippen LogP contribution is -2.39. The van der Waals surface area contributed by atoms with Crippen molar-refractivity contribution in [2.45, 2.75) is 13.8 Å². The number of hydrazine groups is 1. The Morgan fingerprint density at radius 1 is 1.12 bits per heavy atom. The van der Waals surface area contributed by atoms with Crippen LogP contribution in [0.4, 0.5) is 0 Å². The Labute approximate surface area is 137 Å². The number of fused-ring (bicyclic) bond motifs is 1. The van der Waals surface area contributed by atoms with E-state index in [-0.39, 0.29) is 11.4 Å². The third-order valence-corrected chi connectivity index (χ3v) is 3.91. The number of ether oxygens (including phenoxy) is 1. The molecule has 120 valence electrons. The van der Waals surface area contributed by atoms with Crippen LogP contribution in [0.1, 0.15) is 11.4 Å². The predicted octanol–water partition coefficient (Wildman–Crippen LogP) is 0.754. The molecule has 0 saturated carbocycles. The van der Waals surface area contributed by atoms with Crippen molar-refractivity contribution in [2.75, 3.05) is 0 Å². The van der Waals surface area contributed by atoms with E-state index in [0.29, 0.717) is 22.4 Å². The fourth-order valence-electron chi connectivity index (χ4n) is 2.85. The third kappa shape index (κ3) is 2.02. The molecule has 24 heavy (non-hydrogen) atoms. The van der Waals surface area contributed by atoms with Crippen LogP contribution in [0.25, 0.3) is 22.7 Å². The van der Waals surface area contributed by atoms with Gasteiger partial charge < -0.3 is 4.74 Å². The first-order valence-corrected chi connectivity index (χ1v) is 7.44. The zero-order valence-electron chi connectivity index (χ0n) is 13.3. The SMILES string of the molecule is C=C1NNC(=c2c(C)nc3c(-c4ccccc4)c(C)nn3c2=O)O1. The first-order chi connectivity index (χ1) is 11.6. The minimum Gasteiger partial charge on any atom is -0.422 e. The standard InChI is InChI=1S/C17H15N5O2/c1-9-14(16-20-19-11(3)24-16)17(23)22-15(18-9)13(10(2)21-22)12-7-5-4-6-8-12/h4-8,19-20H,3H2,1-2H3. The summed E-state index contributed by atoms with van der Waals surface area (Å²) >= 11 is 0. The van der Waals surface area contributed by atoms with Gasteiger partial charge in [-0.1, -0.05) is 30.3 Å². The zero-order valence-corrected chi connectivity index (χ0v) is 13.3. The number of benzene rings is 1. The molecule has 1 aromatic carbocycles. The van der Waals surface area contributed by atoms with Crippen molar-refractivity contribution in [2.24, 2.45) is 0 Å². The number of nitrogens with one attached hydrogen (secondary N) is 2. The van der Waals surface area contributed by atoms with Gasteiger partial charge in [0.25, 0.3) is 5.56 Å². The van der Waals surface area contributed by atoms with Crippen molar-refractivity contribution in [1.29, 1.82) is 0 Å². The van der Waals surface area contributed by atoms with Crippen LogP contribution in [0.3, 0.4) is 0 Å². The molecule has 0 aliphatic carbocycles. The largest absolute Gasteiger partial charge is 0.422 e. The van der Waals surface area contributed by atoms with Crippen LogP contribution in [-0.4, -0.2) is 14.6 Å². The lowest BCUT2D eigenvalue weighted by Gasteiger charge is -2.02. The van der Waals surface area contributed by atoms with Crippen molar-refractivity contribution >= 4 is 11.5 Å². The van der Waals surface area contributed by atoms with E-state index in [1.165, 1.54) is 4.52 Å². The highest BCUT2D eigenvalue weighted by Crippen LogP contribution is 2.25. The summed E-state index contributed by atoms with van der Waals surface area (Å²) < 4.78 is 6.72. The maximum Gasteiger partial charge on any atom is 0.287 e. The lowest BCUT2D eigenvalue weighted by atomic mass is 10.1. The van der Waals surface area contributed by atoms with E-state index in [2.05, 4.69) is 27.5 Å². The molecule has 3 aromatic rings. The molecule has 0 spiro atoms. The van der Waals surface area contributed by atoms with Gasteiger partial charge >= 0.3 is 0 Å². The molecule has 0 amide bonds. The molecule has 4 rings (SSSR count). The summed E-state index contributed by atoms with van der Waals surface area (Å²) in [5.41, 5.74) is 8.88. The summed E-state index contributed by atoms with van der Waals surface area (Å²) in [4.78, 5) is 17.5. The molecule has 0 unspecified atom stereocenters. The number of hydrogen-bond donors (Lipinski definition) is 2. The Morgan fingerprint density at radius 3 is 2.54 bits per heavy atom. The van der Waals surface area contributed by atoms with Crippen LogP contribution in [0.15, 0.2) is 47.6 Å². The molecule has 3 heterocycles.